The lowest BCUT2D eigenvalue weighted by atomic mass is 9.81. The van der Waals surface area contributed by atoms with E-state index in [0.29, 0.717) is 15.8 Å². The molecule has 0 aliphatic carbocycles. The molecule has 0 saturated carbocycles. The molecule has 1 unspecified atom stereocenters. The van der Waals surface area contributed by atoms with Gasteiger partial charge in [0, 0.05) is 10.1 Å². The monoisotopic (exact) mass is 471 g/mol. The van der Waals surface area contributed by atoms with Crippen molar-refractivity contribution < 1.29 is 28.2 Å². The van der Waals surface area contributed by atoms with Crippen molar-refractivity contribution in [2.75, 3.05) is 0 Å². The number of thiophene rings is 1. The summed E-state index contributed by atoms with van der Waals surface area (Å²) in [5.41, 5.74) is -1.39. The zero-order chi connectivity index (χ0) is 23.8. The summed E-state index contributed by atoms with van der Waals surface area (Å²) < 4.78 is 39.5. The number of carbonyl (C=O) groups excluding carboxylic acids is 1. The van der Waals surface area contributed by atoms with Crippen LogP contribution in [0.25, 0.3) is 10.1 Å². The fourth-order valence-electron chi connectivity index (χ4n) is 3.83. The molecule has 0 fully saturated rings. The molecule has 0 aliphatic heterocycles. The highest BCUT2D eigenvalue weighted by atomic mass is 32.1. The highest BCUT2D eigenvalue weighted by Gasteiger charge is 2.39. The van der Waals surface area contributed by atoms with E-state index in [2.05, 4.69) is 5.32 Å². The largest absolute Gasteiger partial charge is 0.506 e. The molecule has 3 aromatic carbocycles. The van der Waals surface area contributed by atoms with Gasteiger partial charge in [-0.25, -0.2) is 0 Å². The molecule has 4 aromatic rings. The smallest absolute Gasteiger partial charge is 0.416 e. The van der Waals surface area contributed by atoms with Gasteiger partial charge in [0.15, 0.2) is 0 Å². The van der Waals surface area contributed by atoms with Crippen LogP contribution in [0.15, 0.2) is 78.9 Å². The number of aromatic hydroxyl groups is 1. The van der Waals surface area contributed by atoms with Crippen LogP contribution in [0.5, 0.6) is 5.75 Å². The first-order valence-corrected chi connectivity index (χ1v) is 10.9. The highest BCUT2D eigenvalue weighted by Crippen LogP contribution is 2.41. The van der Waals surface area contributed by atoms with Gasteiger partial charge in [-0.3, -0.25) is 4.79 Å². The molecule has 33 heavy (non-hydrogen) atoms. The van der Waals surface area contributed by atoms with Gasteiger partial charge in [0.2, 0.25) is 0 Å². The lowest BCUT2D eigenvalue weighted by Gasteiger charge is -2.35. The maximum absolute atomic E-state index is 13.1. The van der Waals surface area contributed by atoms with Crippen LogP contribution in [0, 0.1) is 0 Å². The summed E-state index contributed by atoms with van der Waals surface area (Å²) in [5, 5.41) is 24.9. The van der Waals surface area contributed by atoms with Crippen molar-refractivity contribution in [1.29, 1.82) is 0 Å². The third-order valence-corrected chi connectivity index (χ3v) is 6.76. The first-order chi connectivity index (χ1) is 15.6. The zero-order valence-corrected chi connectivity index (χ0v) is 18.2. The average Bonchev–Trinajstić information content (AvgIpc) is 3.15. The van der Waals surface area contributed by atoms with Crippen LogP contribution in [0.1, 0.15) is 33.3 Å². The van der Waals surface area contributed by atoms with E-state index in [1.54, 1.807) is 55.5 Å². The average molecular weight is 472 g/mol. The van der Waals surface area contributed by atoms with Crippen LogP contribution < -0.4 is 5.32 Å². The van der Waals surface area contributed by atoms with Gasteiger partial charge in [0.1, 0.15) is 16.2 Å². The van der Waals surface area contributed by atoms with E-state index in [9.17, 15) is 28.2 Å². The normalized spacial score (nSPS) is 13.1. The Balaban J connectivity index is 1.70. The summed E-state index contributed by atoms with van der Waals surface area (Å²) in [6, 6.07) is 19.8. The maximum Gasteiger partial charge on any atom is 0.416 e. The molecule has 1 heterocycles. The zero-order valence-electron chi connectivity index (χ0n) is 17.4. The van der Waals surface area contributed by atoms with Crippen molar-refractivity contribution in [2.24, 2.45) is 0 Å². The van der Waals surface area contributed by atoms with E-state index in [-0.39, 0.29) is 10.3 Å². The van der Waals surface area contributed by atoms with E-state index in [1.165, 1.54) is 6.07 Å². The first kappa shape index (κ1) is 22.8. The van der Waals surface area contributed by atoms with E-state index in [0.717, 1.165) is 23.5 Å². The molecule has 8 heteroatoms. The van der Waals surface area contributed by atoms with E-state index >= 15 is 0 Å². The molecule has 0 bridgehead atoms. The summed E-state index contributed by atoms with van der Waals surface area (Å²) in [7, 11) is 0. The first-order valence-electron chi connectivity index (χ1n) is 10.1. The predicted molar refractivity (Wildman–Crippen MR) is 121 cm³/mol. The lowest BCUT2D eigenvalue weighted by Crippen LogP contribution is -2.49. The minimum Gasteiger partial charge on any atom is -0.506 e. The van der Waals surface area contributed by atoms with Crippen LogP contribution in [0.2, 0.25) is 0 Å². The Bertz CT molecular complexity index is 1250. The third kappa shape index (κ3) is 4.19. The highest BCUT2D eigenvalue weighted by molar-refractivity contribution is 7.21. The Kier molecular flexibility index (Phi) is 5.90. The Labute approximate surface area is 191 Å². The molecular weight excluding hydrogens is 451 g/mol. The summed E-state index contributed by atoms with van der Waals surface area (Å²) >= 11 is 0.885. The second-order valence-corrected chi connectivity index (χ2v) is 8.73. The topological polar surface area (TPSA) is 69.6 Å². The number of carbonyl (C=O) groups is 1. The van der Waals surface area contributed by atoms with E-state index in [1.807, 2.05) is 12.1 Å². The number of aliphatic hydroxyl groups is 1. The van der Waals surface area contributed by atoms with Crippen molar-refractivity contribution in [2.45, 2.75) is 24.7 Å². The van der Waals surface area contributed by atoms with Crippen molar-refractivity contribution in [3.8, 4) is 5.75 Å². The molecule has 0 saturated heterocycles. The predicted octanol–water partition coefficient (Wildman–Crippen LogP) is 5.68. The number of hydrogen-bond donors (Lipinski definition) is 3. The second kappa shape index (κ2) is 8.53. The quantitative estimate of drug-likeness (QED) is 0.351. The minimum absolute atomic E-state index is 0.0472. The number of benzene rings is 3. The van der Waals surface area contributed by atoms with Gasteiger partial charge in [0.05, 0.1) is 11.6 Å². The summed E-state index contributed by atoms with van der Waals surface area (Å²) in [6.45, 7) is 1.63. The molecule has 4 rings (SSSR count). The molecule has 1 atom stereocenters. The fraction of sp³-hybridized carbons (Fsp3) is 0.160. The molecule has 1 amide bonds. The number of halogens is 3. The van der Waals surface area contributed by atoms with Crippen molar-refractivity contribution in [3.63, 3.8) is 0 Å². The number of hydrogen-bond acceptors (Lipinski definition) is 4. The van der Waals surface area contributed by atoms with Gasteiger partial charge >= 0.3 is 6.18 Å². The van der Waals surface area contributed by atoms with Gasteiger partial charge in [-0.15, -0.1) is 11.3 Å². The van der Waals surface area contributed by atoms with E-state index < -0.39 is 35.0 Å². The SMILES string of the molecule is CC(NC(=O)c1sc2ccc(C(F)(F)F)cc2c1O)C(O)(c1ccccc1)c1ccccc1. The van der Waals surface area contributed by atoms with E-state index in [4.69, 9.17) is 0 Å². The standard InChI is InChI=1S/C25H20F3NO3S/c1-15(24(32,16-8-4-2-5-9-16)17-10-6-3-7-11-17)29-23(31)22-21(30)19-14-18(25(26,27)28)12-13-20(19)33-22/h2-15,30,32H,1H3,(H,29,31). The lowest BCUT2D eigenvalue weighted by molar-refractivity contribution is -0.137. The van der Waals surface area contributed by atoms with Gasteiger partial charge < -0.3 is 15.5 Å². The second-order valence-electron chi connectivity index (χ2n) is 7.68. The Morgan fingerprint density at radius 3 is 1.97 bits per heavy atom. The van der Waals surface area contributed by atoms with Crippen molar-refractivity contribution in [3.05, 3.63) is 100 Å². The molecule has 3 N–H and O–H groups in total. The number of rotatable bonds is 5. The van der Waals surface area contributed by atoms with Gasteiger partial charge in [0.25, 0.3) is 5.91 Å². The fourth-order valence-corrected chi connectivity index (χ4v) is 4.81. The van der Waals surface area contributed by atoms with Crippen molar-refractivity contribution >= 4 is 27.3 Å². The molecule has 0 aliphatic rings. The van der Waals surface area contributed by atoms with Gasteiger partial charge in [-0.2, -0.15) is 13.2 Å². The van der Waals surface area contributed by atoms with Crippen LogP contribution in [-0.2, 0) is 11.8 Å². The third-order valence-electron chi connectivity index (χ3n) is 5.60. The maximum atomic E-state index is 13.1. The number of alkyl halides is 3. The van der Waals surface area contributed by atoms with Crippen LogP contribution in [-0.4, -0.2) is 22.2 Å². The van der Waals surface area contributed by atoms with Crippen LogP contribution >= 0.6 is 11.3 Å². The number of fused-ring (bicyclic) bond motifs is 1. The Morgan fingerprint density at radius 2 is 1.45 bits per heavy atom. The van der Waals surface area contributed by atoms with Gasteiger partial charge in [-0.1, -0.05) is 60.7 Å². The molecule has 1 aromatic heterocycles. The summed E-state index contributed by atoms with van der Waals surface area (Å²) in [4.78, 5) is 12.9. The number of nitrogens with one attached hydrogen (secondary N) is 1. The molecule has 0 radical (unpaired) electrons. The number of amides is 1. The summed E-state index contributed by atoms with van der Waals surface area (Å²) in [5.74, 6) is -1.21. The Morgan fingerprint density at radius 1 is 0.909 bits per heavy atom. The molecule has 170 valence electrons. The molecule has 4 nitrogen and oxygen atoms in total. The Hall–Kier alpha value is -3.36. The molecule has 0 spiro atoms. The minimum atomic E-state index is -4.57. The molecular formula is C25H20F3NO3S. The van der Waals surface area contributed by atoms with Crippen LogP contribution in [0.3, 0.4) is 0 Å². The summed E-state index contributed by atoms with van der Waals surface area (Å²) in [6.07, 6.45) is -4.57. The van der Waals surface area contributed by atoms with Gasteiger partial charge in [-0.05, 0) is 36.2 Å². The van der Waals surface area contributed by atoms with Crippen LogP contribution in [0.4, 0.5) is 13.2 Å². The van der Waals surface area contributed by atoms with Crippen molar-refractivity contribution in [1.82, 2.24) is 5.32 Å².